The van der Waals surface area contributed by atoms with E-state index in [2.05, 4.69) is 10.3 Å². The van der Waals surface area contributed by atoms with E-state index in [4.69, 9.17) is 0 Å². The van der Waals surface area contributed by atoms with Crippen LogP contribution in [-0.4, -0.2) is 36.4 Å². The Hall–Kier alpha value is -2.32. The molecule has 0 spiro atoms. The van der Waals surface area contributed by atoms with Crippen molar-refractivity contribution >= 4 is 15.9 Å². The first kappa shape index (κ1) is 18.0. The number of carbonyl (C=O) groups excluding carboxylic acids is 1. The van der Waals surface area contributed by atoms with Gasteiger partial charge in [0.25, 0.3) is 0 Å². The maximum absolute atomic E-state index is 13.7. The summed E-state index contributed by atoms with van der Waals surface area (Å²) in [6, 6.07) is 9.36. The number of nitrogens with one attached hydrogen (secondary N) is 1. The minimum absolute atomic E-state index is 0.200. The molecule has 2 rings (SSSR count). The van der Waals surface area contributed by atoms with E-state index < -0.39 is 21.7 Å². The molecule has 0 unspecified atom stereocenters. The number of sulfonamides is 1. The molecule has 0 radical (unpaired) electrons. The molecule has 1 aromatic carbocycles. The van der Waals surface area contributed by atoms with Gasteiger partial charge in [0.1, 0.15) is 5.82 Å². The third-order valence-electron chi connectivity index (χ3n) is 3.33. The van der Waals surface area contributed by atoms with Gasteiger partial charge in [-0.1, -0.05) is 18.2 Å². The van der Waals surface area contributed by atoms with Crippen LogP contribution in [0.1, 0.15) is 11.1 Å². The Kier molecular flexibility index (Phi) is 5.99. The zero-order chi connectivity index (χ0) is 17.6. The Labute approximate surface area is 140 Å². The van der Waals surface area contributed by atoms with E-state index in [9.17, 15) is 17.6 Å². The molecule has 8 heteroatoms. The number of amides is 1. The molecule has 1 aromatic heterocycles. The van der Waals surface area contributed by atoms with E-state index >= 15 is 0 Å². The fourth-order valence-corrected chi connectivity index (χ4v) is 2.75. The third-order valence-corrected chi connectivity index (χ3v) is 4.53. The largest absolute Gasteiger partial charge is 0.351 e. The fourth-order valence-electron chi connectivity index (χ4n) is 2.02. The second kappa shape index (κ2) is 7.98. The maximum Gasteiger partial charge on any atom is 0.235 e. The first-order valence-corrected chi connectivity index (χ1v) is 9.05. The number of hydrogen-bond acceptors (Lipinski definition) is 4. The van der Waals surface area contributed by atoms with E-state index in [0.717, 1.165) is 16.1 Å². The van der Waals surface area contributed by atoms with Crippen molar-refractivity contribution in [3.05, 3.63) is 65.7 Å². The highest BCUT2D eigenvalue weighted by atomic mass is 32.2. The summed E-state index contributed by atoms with van der Waals surface area (Å²) >= 11 is 0. The van der Waals surface area contributed by atoms with Gasteiger partial charge >= 0.3 is 0 Å². The van der Waals surface area contributed by atoms with Gasteiger partial charge in [0.05, 0.1) is 12.8 Å². The van der Waals surface area contributed by atoms with E-state index in [1.807, 2.05) is 0 Å². The van der Waals surface area contributed by atoms with Crippen LogP contribution >= 0.6 is 0 Å². The summed E-state index contributed by atoms with van der Waals surface area (Å²) in [6.45, 7) is -0.314. The molecule has 0 aliphatic heterocycles. The Balaban J connectivity index is 2.01. The van der Waals surface area contributed by atoms with Crippen LogP contribution in [0.15, 0.2) is 48.8 Å². The number of halogens is 1. The van der Waals surface area contributed by atoms with E-state index in [0.29, 0.717) is 0 Å². The summed E-state index contributed by atoms with van der Waals surface area (Å²) in [5.41, 5.74) is 1.06. The van der Waals surface area contributed by atoms with Crippen LogP contribution in [0.25, 0.3) is 0 Å². The Morgan fingerprint density at radius 1 is 1.21 bits per heavy atom. The standard InChI is InChI=1S/C16H18FN3O3S/c1-24(22,23)20(11-14-4-2-3-5-15(14)17)12-16(21)19-10-13-6-8-18-9-7-13/h2-9H,10-12H2,1H3,(H,19,21). The molecule has 1 N–H and O–H groups in total. The average molecular weight is 351 g/mol. The summed E-state index contributed by atoms with van der Waals surface area (Å²) < 4.78 is 38.4. The maximum atomic E-state index is 13.7. The topological polar surface area (TPSA) is 79.4 Å². The molecule has 6 nitrogen and oxygen atoms in total. The highest BCUT2D eigenvalue weighted by Crippen LogP contribution is 2.12. The smallest absolute Gasteiger partial charge is 0.235 e. The molecule has 0 atom stereocenters. The average Bonchev–Trinajstić information content (AvgIpc) is 2.54. The van der Waals surface area contributed by atoms with Gasteiger partial charge in [-0.2, -0.15) is 4.31 Å². The minimum atomic E-state index is -3.66. The van der Waals surface area contributed by atoms with Crippen LogP contribution in [0.3, 0.4) is 0 Å². The third kappa shape index (κ3) is 5.39. The number of nitrogens with zero attached hydrogens (tertiary/aromatic N) is 2. The molecule has 0 aliphatic carbocycles. The normalized spacial score (nSPS) is 11.5. The van der Waals surface area contributed by atoms with Crippen molar-refractivity contribution in [3.63, 3.8) is 0 Å². The van der Waals surface area contributed by atoms with Crippen molar-refractivity contribution in [1.82, 2.24) is 14.6 Å². The van der Waals surface area contributed by atoms with Gasteiger partial charge in [-0.05, 0) is 23.8 Å². The van der Waals surface area contributed by atoms with Gasteiger partial charge in [-0.25, -0.2) is 12.8 Å². The summed E-state index contributed by atoms with van der Waals surface area (Å²) in [5.74, 6) is -0.975. The van der Waals surface area contributed by atoms with Crippen molar-refractivity contribution in [1.29, 1.82) is 0 Å². The van der Waals surface area contributed by atoms with Crippen LogP contribution in [0, 0.1) is 5.82 Å². The summed E-state index contributed by atoms with van der Waals surface area (Å²) in [4.78, 5) is 15.9. The molecule has 0 fully saturated rings. The van der Waals surface area contributed by atoms with Gasteiger partial charge in [-0.15, -0.1) is 0 Å². The molecule has 24 heavy (non-hydrogen) atoms. The molecule has 0 bridgehead atoms. The van der Waals surface area contributed by atoms with E-state index in [1.165, 1.54) is 18.2 Å². The molecule has 0 aliphatic rings. The van der Waals surface area contributed by atoms with Crippen LogP contribution < -0.4 is 5.32 Å². The number of pyridine rings is 1. The number of carbonyl (C=O) groups is 1. The number of benzene rings is 1. The van der Waals surface area contributed by atoms with E-state index in [1.54, 1.807) is 30.6 Å². The minimum Gasteiger partial charge on any atom is -0.351 e. The number of hydrogen-bond donors (Lipinski definition) is 1. The first-order valence-electron chi connectivity index (χ1n) is 7.20. The second-order valence-electron chi connectivity index (χ2n) is 5.25. The van der Waals surface area contributed by atoms with Crippen molar-refractivity contribution in [2.45, 2.75) is 13.1 Å². The van der Waals surface area contributed by atoms with Crippen molar-refractivity contribution in [2.75, 3.05) is 12.8 Å². The monoisotopic (exact) mass is 351 g/mol. The summed E-state index contributed by atoms with van der Waals surface area (Å²) in [7, 11) is -3.66. The van der Waals surface area contributed by atoms with Crippen molar-refractivity contribution in [3.8, 4) is 0 Å². The lowest BCUT2D eigenvalue weighted by Gasteiger charge is -2.20. The predicted octanol–water partition coefficient (Wildman–Crippen LogP) is 1.30. The quantitative estimate of drug-likeness (QED) is 0.815. The first-order chi connectivity index (χ1) is 11.4. The van der Waals surface area contributed by atoms with Crippen molar-refractivity contribution in [2.24, 2.45) is 0 Å². The highest BCUT2D eigenvalue weighted by Gasteiger charge is 2.21. The SMILES string of the molecule is CS(=O)(=O)N(CC(=O)NCc1ccncc1)Cc1ccccc1F. The van der Waals surface area contributed by atoms with Gasteiger partial charge in [0.15, 0.2) is 0 Å². The molecule has 1 heterocycles. The van der Waals surface area contributed by atoms with Gasteiger partial charge in [-0.3, -0.25) is 9.78 Å². The predicted molar refractivity (Wildman–Crippen MR) is 87.7 cm³/mol. The molecular weight excluding hydrogens is 333 g/mol. The Morgan fingerprint density at radius 3 is 2.50 bits per heavy atom. The van der Waals surface area contributed by atoms with Crippen LogP contribution in [-0.2, 0) is 27.9 Å². The summed E-state index contributed by atoms with van der Waals surface area (Å²) in [6.07, 6.45) is 4.19. The zero-order valence-corrected chi connectivity index (χ0v) is 14.0. The second-order valence-corrected chi connectivity index (χ2v) is 7.24. The number of aromatic nitrogens is 1. The molecule has 1 amide bonds. The lowest BCUT2D eigenvalue weighted by atomic mass is 10.2. The van der Waals surface area contributed by atoms with Gasteiger partial charge in [0, 0.05) is 31.0 Å². The van der Waals surface area contributed by atoms with Gasteiger partial charge < -0.3 is 5.32 Å². The zero-order valence-electron chi connectivity index (χ0n) is 13.1. The molecule has 0 saturated carbocycles. The highest BCUT2D eigenvalue weighted by molar-refractivity contribution is 7.88. The van der Waals surface area contributed by atoms with Crippen LogP contribution in [0.2, 0.25) is 0 Å². The fraction of sp³-hybridized carbons (Fsp3) is 0.250. The lowest BCUT2D eigenvalue weighted by molar-refractivity contribution is -0.121. The molecule has 0 saturated heterocycles. The van der Waals surface area contributed by atoms with Gasteiger partial charge in [0.2, 0.25) is 15.9 Å². The van der Waals surface area contributed by atoms with Crippen LogP contribution in [0.4, 0.5) is 4.39 Å². The molecule has 128 valence electrons. The van der Waals surface area contributed by atoms with E-state index in [-0.39, 0.29) is 25.2 Å². The Morgan fingerprint density at radius 2 is 1.88 bits per heavy atom. The summed E-state index contributed by atoms with van der Waals surface area (Å²) in [5, 5.41) is 2.64. The lowest BCUT2D eigenvalue weighted by Crippen LogP contribution is -2.39. The van der Waals surface area contributed by atoms with Crippen molar-refractivity contribution < 1.29 is 17.6 Å². The number of rotatable bonds is 7. The molecular formula is C16H18FN3O3S. The van der Waals surface area contributed by atoms with Crippen LogP contribution in [0.5, 0.6) is 0 Å². The molecule has 2 aromatic rings. The Bertz CT molecular complexity index is 797.